The van der Waals surface area contributed by atoms with Crippen LogP contribution in [0.1, 0.15) is 27.2 Å². The summed E-state index contributed by atoms with van der Waals surface area (Å²) in [6.45, 7) is 5.61. The third kappa shape index (κ3) is 3.30. The van der Waals surface area contributed by atoms with Crippen molar-refractivity contribution in [3.05, 3.63) is 0 Å². The second kappa shape index (κ2) is 5.59. The van der Waals surface area contributed by atoms with Crippen LogP contribution in [0, 0.1) is 0 Å². The van der Waals surface area contributed by atoms with Crippen LogP contribution in [0.4, 0.5) is 4.79 Å². The molecular formula is C12H23NO6S. The summed E-state index contributed by atoms with van der Waals surface area (Å²) >= 11 is 0. The molecule has 1 rings (SSSR count). The van der Waals surface area contributed by atoms with E-state index < -0.39 is 33.9 Å². The third-order valence-electron chi connectivity index (χ3n) is 3.84. The minimum Gasteiger partial charge on any atom is -0.498 e. The number of hydrogen-bond donors (Lipinski definition) is 0. The van der Waals surface area contributed by atoms with Gasteiger partial charge in [-0.05, 0) is 20.8 Å². The van der Waals surface area contributed by atoms with Crippen molar-refractivity contribution in [3.8, 4) is 0 Å². The predicted octanol–water partition coefficient (Wildman–Crippen LogP) is -0.291. The number of carbonyl (C=O) groups excluding carboxylic acids is 1. The van der Waals surface area contributed by atoms with Crippen molar-refractivity contribution in [3.63, 3.8) is 0 Å². The quantitative estimate of drug-likeness (QED) is 0.523. The van der Waals surface area contributed by atoms with Crippen LogP contribution in [0.2, 0.25) is 0 Å². The molecule has 1 fully saturated rings. The zero-order valence-corrected chi connectivity index (χ0v) is 13.4. The van der Waals surface area contributed by atoms with Gasteiger partial charge in [0.05, 0.1) is 18.4 Å². The SMILES string of the molecule is COC[C@H]1C[C@H](OS(C)(=O)=O)C[N+]1(C(=O)[O-])C(C)(C)C. The predicted molar refractivity (Wildman–Crippen MR) is 70.3 cm³/mol. The van der Waals surface area contributed by atoms with E-state index in [0.717, 1.165) is 6.26 Å². The Morgan fingerprint density at radius 2 is 1.95 bits per heavy atom. The zero-order valence-electron chi connectivity index (χ0n) is 12.6. The third-order valence-corrected chi connectivity index (χ3v) is 4.46. The van der Waals surface area contributed by atoms with E-state index in [1.54, 1.807) is 20.8 Å². The van der Waals surface area contributed by atoms with E-state index >= 15 is 0 Å². The molecule has 0 saturated carbocycles. The Balaban J connectivity index is 3.16. The number of nitrogens with zero attached hydrogens (tertiary/aromatic N) is 1. The van der Waals surface area contributed by atoms with Crippen molar-refractivity contribution in [2.75, 3.05) is 26.5 Å². The summed E-state index contributed by atoms with van der Waals surface area (Å²) in [6.07, 6.45) is -0.658. The maximum Gasteiger partial charge on any atom is 0.264 e. The summed E-state index contributed by atoms with van der Waals surface area (Å²) in [4.78, 5) is 11.8. The van der Waals surface area contributed by atoms with Crippen LogP contribution < -0.4 is 5.11 Å². The molecule has 118 valence electrons. The first-order chi connectivity index (χ1) is 8.94. The Bertz CT molecular complexity index is 469. The highest BCUT2D eigenvalue weighted by molar-refractivity contribution is 7.86. The van der Waals surface area contributed by atoms with Crippen molar-refractivity contribution in [2.45, 2.75) is 44.9 Å². The Hall–Kier alpha value is -0.700. The molecule has 1 aliphatic rings. The molecule has 1 aliphatic heterocycles. The Kier molecular flexibility index (Phi) is 4.85. The van der Waals surface area contributed by atoms with Gasteiger partial charge in [0.15, 0.2) is 0 Å². The largest absolute Gasteiger partial charge is 0.498 e. The molecule has 20 heavy (non-hydrogen) atoms. The Labute approximate surface area is 120 Å². The fourth-order valence-corrected chi connectivity index (χ4v) is 3.69. The van der Waals surface area contributed by atoms with Gasteiger partial charge in [-0.3, -0.25) is 8.67 Å². The lowest BCUT2D eigenvalue weighted by Crippen LogP contribution is -2.70. The van der Waals surface area contributed by atoms with Gasteiger partial charge in [-0.1, -0.05) is 0 Å². The average molecular weight is 309 g/mol. The lowest BCUT2D eigenvalue weighted by Gasteiger charge is -2.48. The van der Waals surface area contributed by atoms with E-state index in [0.29, 0.717) is 6.42 Å². The summed E-state index contributed by atoms with van der Waals surface area (Å²) in [7, 11) is -2.15. The van der Waals surface area contributed by atoms with Crippen LogP contribution in [0.25, 0.3) is 0 Å². The van der Waals surface area contributed by atoms with E-state index in [-0.39, 0.29) is 17.6 Å². The van der Waals surface area contributed by atoms with Gasteiger partial charge in [-0.15, -0.1) is 0 Å². The maximum absolute atomic E-state index is 11.8. The van der Waals surface area contributed by atoms with Gasteiger partial charge in [0.1, 0.15) is 18.7 Å². The number of ether oxygens (including phenoxy) is 1. The van der Waals surface area contributed by atoms with Crippen molar-refractivity contribution < 1.29 is 31.7 Å². The van der Waals surface area contributed by atoms with Gasteiger partial charge in [-0.2, -0.15) is 8.42 Å². The number of hydrogen-bond acceptors (Lipinski definition) is 6. The second-order valence-corrected chi connectivity index (χ2v) is 7.86. The number of rotatable bonds is 4. The highest BCUT2D eigenvalue weighted by Gasteiger charge is 2.56. The fourth-order valence-electron chi connectivity index (χ4n) is 3.05. The summed E-state index contributed by atoms with van der Waals surface area (Å²) < 4.78 is 32.2. The first-order valence-corrected chi connectivity index (χ1v) is 8.22. The van der Waals surface area contributed by atoms with Crippen LogP contribution >= 0.6 is 0 Å². The number of methoxy groups -OCH3 is 1. The van der Waals surface area contributed by atoms with E-state index in [1.807, 2.05) is 0 Å². The monoisotopic (exact) mass is 309 g/mol. The molecule has 7 nitrogen and oxygen atoms in total. The minimum atomic E-state index is -3.63. The van der Waals surface area contributed by atoms with Crippen molar-refractivity contribution >= 4 is 16.2 Å². The lowest BCUT2D eigenvalue weighted by molar-refractivity contribution is -0.931. The summed E-state index contributed by atoms with van der Waals surface area (Å²) in [5, 5.41) is 11.8. The molecule has 0 aromatic heterocycles. The fraction of sp³-hybridized carbons (Fsp3) is 0.917. The Morgan fingerprint density at radius 1 is 1.40 bits per heavy atom. The molecule has 3 atom stereocenters. The summed E-state index contributed by atoms with van der Waals surface area (Å²) in [6, 6.07) is -0.406. The molecule has 0 spiro atoms. The molecule has 8 heteroatoms. The van der Waals surface area contributed by atoms with Crippen molar-refractivity contribution in [1.82, 2.24) is 0 Å². The van der Waals surface area contributed by atoms with Gasteiger partial charge in [-0.25, -0.2) is 0 Å². The van der Waals surface area contributed by atoms with Crippen molar-refractivity contribution in [2.24, 2.45) is 0 Å². The standard InChI is InChI=1S/C12H23NO6S/c1-12(2,3)13(11(14)15)7-10(19-20(5,16)17)6-9(13)8-18-4/h9-10H,6-8H2,1-5H3/t9-,10+,13?/m1/s1. The number of likely N-dealkylation sites (tertiary alicyclic amines) is 1. The van der Waals surface area contributed by atoms with Crippen LogP contribution in [0.3, 0.4) is 0 Å². The average Bonchev–Trinajstić information content (AvgIpc) is 2.54. The maximum atomic E-state index is 11.8. The molecule has 0 N–H and O–H groups in total. The molecular weight excluding hydrogens is 286 g/mol. The topological polar surface area (TPSA) is 92.7 Å². The smallest absolute Gasteiger partial charge is 0.264 e. The second-order valence-electron chi connectivity index (χ2n) is 6.26. The number of carboxylic acid groups (broad SMARTS) is 1. The summed E-state index contributed by atoms with van der Waals surface area (Å²) in [5.74, 6) is 0. The Morgan fingerprint density at radius 3 is 2.30 bits per heavy atom. The molecule has 0 radical (unpaired) electrons. The minimum absolute atomic E-state index is 0.0485. The van der Waals surface area contributed by atoms with Crippen molar-refractivity contribution in [1.29, 1.82) is 0 Å². The van der Waals surface area contributed by atoms with Gasteiger partial charge in [0.25, 0.3) is 16.2 Å². The number of quaternary nitrogens is 1. The molecule has 0 aromatic carbocycles. The van der Waals surface area contributed by atoms with Crippen LogP contribution in [0.15, 0.2) is 0 Å². The van der Waals surface area contributed by atoms with Gasteiger partial charge in [0, 0.05) is 13.5 Å². The van der Waals surface area contributed by atoms with Crippen LogP contribution in [-0.4, -0.2) is 63.2 Å². The van der Waals surface area contributed by atoms with Gasteiger partial charge >= 0.3 is 0 Å². The highest BCUT2D eigenvalue weighted by Crippen LogP contribution is 2.38. The first-order valence-electron chi connectivity index (χ1n) is 6.40. The van der Waals surface area contributed by atoms with E-state index in [2.05, 4.69) is 0 Å². The normalized spacial score (nSPS) is 31.4. The summed E-state index contributed by atoms with van der Waals surface area (Å²) in [5.41, 5.74) is -0.655. The molecule has 0 aliphatic carbocycles. The first kappa shape index (κ1) is 17.4. The lowest BCUT2D eigenvalue weighted by atomic mass is 10.00. The van der Waals surface area contributed by atoms with Gasteiger partial charge in [0.2, 0.25) is 0 Å². The molecule has 0 aromatic rings. The van der Waals surface area contributed by atoms with E-state index in [4.69, 9.17) is 8.92 Å². The highest BCUT2D eigenvalue weighted by atomic mass is 32.2. The number of carbonyl (C=O) groups is 1. The number of amides is 1. The van der Waals surface area contributed by atoms with Crippen LogP contribution in [0.5, 0.6) is 0 Å². The van der Waals surface area contributed by atoms with E-state index in [9.17, 15) is 18.3 Å². The van der Waals surface area contributed by atoms with Crippen LogP contribution in [-0.2, 0) is 19.0 Å². The molecule has 1 amide bonds. The van der Waals surface area contributed by atoms with Gasteiger partial charge < -0.3 is 14.6 Å². The zero-order chi connectivity index (χ0) is 15.8. The molecule has 0 bridgehead atoms. The van der Waals surface area contributed by atoms with E-state index in [1.165, 1.54) is 7.11 Å². The molecule has 1 saturated heterocycles. The molecule has 1 unspecified atom stereocenters. The molecule has 1 heterocycles.